The summed E-state index contributed by atoms with van der Waals surface area (Å²) >= 11 is 6.25. The van der Waals surface area contributed by atoms with Crippen LogP contribution in [0.1, 0.15) is 5.56 Å². The Kier molecular flexibility index (Phi) is 4.04. The molecule has 6 heteroatoms. The molecule has 22 heavy (non-hydrogen) atoms. The molecule has 1 aliphatic rings. The van der Waals surface area contributed by atoms with Crippen molar-refractivity contribution >= 4 is 46.0 Å². The molecule has 1 saturated heterocycles. The number of thiocarbonyl (C=S) groups is 1. The van der Waals surface area contributed by atoms with Gasteiger partial charge in [0.05, 0.1) is 10.6 Å². The van der Waals surface area contributed by atoms with Gasteiger partial charge in [0.25, 0.3) is 5.91 Å². The fourth-order valence-electron chi connectivity index (χ4n) is 2.04. The maximum atomic E-state index is 13.7. The van der Waals surface area contributed by atoms with Crippen LogP contribution in [0.4, 0.5) is 14.5 Å². The largest absolute Gasteiger partial charge is 0.270 e. The molecular formula is C16H9F2NOS2. The van der Waals surface area contributed by atoms with Crippen LogP contribution in [0.15, 0.2) is 53.4 Å². The van der Waals surface area contributed by atoms with Gasteiger partial charge in [-0.25, -0.2) is 8.78 Å². The Bertz CT molecular complexity index is 804. The van der Waals surface area contributed by atoms with E-state index in [0.717, 1.165) is 11.8 Å². The summed E-state index contributed by atoms with van der Waals surface area (Å²) in [5.41, 5.74) is 0.668. The van der Waals surface area contributed by atoms with Gasteiger partial charge in [0.2, 0.25) is 0 Å². The average Bonchev–Trinajstić information content (AvgIpc) is 2.76. The molecule has 0 unspecified atom stereocenters. The molecule has 2 nitrogen and oxygen atoms in total. The molecule has 0 radical (unpaired) electrons. The minimum Gasteiger partial charge on any atom is -0.268 e. The molecule has 1 aliphatic heterocycles. The van der Waals surface area contributed by atoms with Crippen molar-refractivity contribution in [1.82, 2.24) is 0 Å². The first-order valence-corrected chi connectivity index (χ1v) is 7.57. The normalized spacial score (nSPS) is 16.6. The van der Waals surface area contributed by atoms with Crippen LogP contribution >= 0.6 is 24.0 Å². The Balaban J connectivity index is 1.97. The van der Waals surface area contributed by atoms with Gasteiger partial charge in [-0.3, -0.25) is 9.69 Å². The number of carbonyl (C=O) groups excluding carboxylic acids is 1. The Labute approximate surface area is 135 Å². The number of benzene rings is 2. The molecule has 1 fully saturated rings. The highest BCUT2D eigenvalue weighted by Gasteiger charge is 2.33. The second-order valence-corrected chi connectivity index (χ2v) is 6.19. The first-order chi connectivity index (χ1) is 10.6. The standard InChI is InChI=1S/C16H9F2NOS2/c17-11-5-3-6-12(9-11)19-15(20)14(22-16(19)21)8-10-4-1-2-7-13(10)18/h1-9H/b14-8-. The van der Waals surface area contributed by atoms with Crippen LogP contribution in [0.25, 0.3) is 6.08 Å². The molecule has 0 aromatic heterocycles. The average molecular weight is 333 g/mol. The zero-order chi connectivity index (χ0) is 15.7. The van der Waals surface area contributed by atoms with Gasteiger partial charge in [0.1, 0.15) is 11.6 Å². The second kappa shape index (κ2) is 5.98. The zero-order valence-electron chi connectivity index (χ0n) is 11.1. The fourth-order valence-corrected chi connectivity index (χ4v) is 3.33. The summed E-state index contributed by atoms with van der Waals surface area (Å²) in [7, 11) is 0. The molecule has 0 bridgehead atoms. The van der Waals surface area contributed by atoms with Gasteiger partial charge in [-0.2, -0.15) is 0 Å². The molecule has 2 aromatic rings. The van der Waals surface area contributed by atoms with Gasteiger partial charge in [-0.05, 0) is 30.3 Å². The van der Waals surface area contributed by atoms with Crippen LogP contribution in [-0.4, -0.2) is 10.2 Å². The summed E-state index contributed by atoms with van der Waals surface area (Å²) in [6, 6.07) is 11.8. The molecule has 0 spiro atoms. The van der Waals surface area contributed by atoms with Crippen molar-refractivity contribution in [1.29, 1.82) is 0 Å². The third kappa shape index (κ3) is 2.80. The Morgan fingerprint density at radius 1 is 1.09 bits per heavy atom. The number of rotatable bonds is 2. The summed E-state index contributed by atoms with van der Waals surface area (Å²) in [6.07, 6.45) is 1.45. The molecule has 1 heterocycles. The van der Waals surface area contributed by atoms with Crippen LogP contribution in [0.5, 0.6) is 0 Å². The van der Waals surface area contributed by atoms with E-state index in [-0.39, 0.29) is 10.2 Å². The van der Waals surface area contributed by atoms with Crippen molar-refractivity contribution < 1.29 is 13.6 Å². The smallest absolute Gasteiger partial charge is 0.268 e. The van der Waals surface area contributed by atoms with Gasteiger partial charge in [0, 0.05) is 5.56 Å². The Morgan fingerprint density at radius 2 is 1.86 bits per heavy atom. The number of hydrogen-bond acceptors (Lipinski definition) is 3. The number of anilines is 1. The molecule has 1 amide bonds. The van der Waals surface area contributed by atoms with Crippen molar-refractivity contribution in [2.75, 3.05) is 4.90 Å². The van der Waals surface area contributed by atoms with E-state index < -0.39 is 11.6 Å². The van der Waals surface area contributed by atoms with Crippen molar-refractivity contribution in [3.05, 3.63) is 70.6 Å². The first-order valence-electron chi connectivity index (χ1n) is 6.34. The molecule has 0 saturated carbocycles. The van der Waals surface area contributed by atoms with E-state index in [1.165, 1.54) is 35.2 Å². The van der Waals surface area contributed by atoms with Crippen molar-refractivity contribution in [3.8, 4) is 0 Å². The van der Waals surface area contributed by atoms with Gasteiger partial charge in [-0.15, -0.1) is 0 Å². The van der Waals surface area contributed by atoms with Crippen molar-refractivity contribution in [3.63, 3.8) is 0 Å². The lowest BCUT2D eigenvalue weighted by Gasteiger charge is -2.14. The van der Waals surface area contributed by atoms with Crippen molar-refractivity contribution in [2.45, 2.75) is 0 Å². The van der Waals surface area contributed by atoms with E-state index in [4.69, 9.17) is 12.2 Å². The lowest BCUT2D eigenvalue weighted by atomic mass is 10.2. The van der Waals surface area contributed by atoms with Crippen LogP contribution in [-0.2, 0) is 4.79 Å². The number of carbonyl (C=O) groups is 1. The minimum atomic E-state index is -0.454. The summed E-state index contributed by atoms with van der Waals surface area (Å²) in [5, 5.41) is 0. The molecule has 3 rings (SSSR count). The van der Waals surface area contributed by atoms with Gasteiger partial charge >= 0.3 is 0 Å². The van der Waals surface area contributed by atoms with E-state index in [0.29, 0.717) is 16.2 Å². The fraction of sp³-hybridized carbons (Fsp3) is 0. The third-order valence-electron chi connectivity index (χ3n) is 3.05. The number of nitrogens with zero attached hydrogens (tertiary/aromatic N) is 1. The Morgan fingerprint density at radius 3 is 2.59 bits per heavy atom. The summed E-state index contributed by atoms with van der Waals surface area (Å²) in [6.45, 7) is 0. The highest BCUT2D eigenvalue weighted by Crippen LogP contribution is 2.36. The second-order valence-electron chi connectivity index (χ2n) is 4.52. The van der Waals surface area contributed by atoms with Crippen molar-refractivity contribution in [2.24, 2.45) is 0 Å². The first kappa shape index (κ1) is 14.9. The Hall–Kier alpha value is -2.05. The molecule has 110 valence electrons. The third-order valence-corrected chi connectivity index (χ3v) is 4.35. The molecular weight excluding hydrogens is 324 g/mol. The topological polar surface area (TPSA) is 20.3 Å². The predicted molar refractivity (Wildman–Crippen MR) is 88.5 cm³/mol. The number of amides is 1. The van der Waals surface area contributed by atoms with Crippen LogP contribution < -0.4 is 4.90 Å². The van der Waals surface area contributed by atoms with E-state index in [1.54, 1.807) is 24.3 Å². The number of halogens is 2. The van der Waals surface area contributed by atoms with E-state index in [9.17, 15) is 13.6 Å². The van der Waals surface area contributed by atoms with Gasteiger partial charge < -0.3 is 0 Å². The maximum absolute atomic E-state index is 13.7. The SMILES string of the molecule is O=C1/C(=C/c2ccccc2F)SC(=S)N1c1cccc(F)c1. The highest BCUT2D eigenvalue weighted by molar-refractivity contribution is 8.27. The minimum absolute atomic E-state index is 0.290. The monoisotopic (exact) mass is 333 g/mol. The maximum Gasteiger partial charge on any atom is 0.270 e. The van der Waals surface area contributed by atoms with E-state index in [1.807, 2.05) is 0 Å². The summed E-state index contributed by atoms with van der Waals surface area (Å²) in [5.74, 6) is -1.26. The van der Waals surface area contributed by atoms with E-state index in [2.05, 4.69) is 0 Å². The predicted octanol–water partition coefficient (Wildman–Crippen LogP) is 4.37. The highest BCUT2D eigenvalue weighted by atomic mass is 32.2. The number of thioether (sulfide) groups is 1. The summed E-state index contributed by atoms with van der Waals surface area (Å²) < 4.78 is 27.3. The van der Waals surface area contributed by atoms with E-state index >= 15 is 0 Å². The molecule has 0 N–H and O–H groups in total. The van der Waals surface area contributed by atoms with Gasteiger partial charge in [-0.1, -0.05) is 48.2 Å². The molecule has 0 aliphatic carbocycles. The summed E-state index contributed by atoms with van der Waals surface area (Å²) in [4.78, 5) is 14.0. The van der Waals surface area contributed by atoms with Gasteiger partial charge in [0.15, 0.2) is 4.32 Å². The van der Waals surface area contributed by atoms with Crippen LogP contribution in [0.2, 0.25) is 0 Å². The molecule has 0 atom stereocenters. The molecule has 2 aromatic carbocycles. The lowest BCUT2D eigenvalue weighted by molar-refractivity contribution is -0.113. The number of hydrogen-bond donors (Lipinski definition) is 0. The van der Waals surface area contributed by atoms with Crippen LogP contribution in [0, 0.1) is 11.6 Å². The lowest BCUT2D eigenvalue weighted by Crippen LogP contribution is -2.27. The quantitative estimate of drug-likeness (QED) is 0.601. The zero-order valence-corrected chi connectivity index (χ0v) is 12.8. The van der Waals surface area contributed by atoms with Crippen LogP contribution in [0.3, 0.4) is 0 Å².